The number of carbonyl (C=O) groups excluding carboxylic acids is 3. The number of hydrogen-bond acceptors (Lipinski definition) is 7. The fraction of sp³-hybridized carbons (Fsp3) is 0.571. The lowest BCUT2D eigenvalue weighted by Gasteiger charge is -2.31. The van der Waals surface area contributed by atoms with Crippen LogP contribution in [0, 0.1) is 5.41 Å². The molecule has 0 radical (unpaired) electrons. The zero-order valence-electron chi connectivity index (χ0n) is 18.6. The van der Waals surface area contributed by atoms with Gasteiger partial charge in [-0.3, -0.25) is 9.59 Å². The Morgan fingerprint density at radius 1 is 1.16 bits per heavy atom. The number of halogens is 3. The lowest BCUT2D eigenvalue weighted by atomic mass is 9.91. The zero-order chi connectivity index (χ0) is 24.3. The molecule has 178 valence electrons. The van der Waals surface area contributed by atoms with Gasteiger partial charge < -0.3 is 19.2 Å². The molecule has 0 N–H and O–H groups in total. The van der Waals surface area contributed by atoms with Crippen LogP contribution in [0.25, 0.3) is 0 Å². The van der Waals surface area contributed by atoms with E-state index in [9.17, 15) is 27.6 Å². The second-order valence-corrected chi connectivity index (χ2v) is 8.61. The first-order valence-electron chi connectivity index (χ1n) is 9.86. The summed E-state index contributed by atoms with van der Waals surface area (Å²) < 4.78 is 48.1. The molecule has 0 aromatic heterocycles. The Balaban J connectivity index is 2.42. The predicted molar refractivity (Wildman–Crippen MR) is 108 cm³/mol. The average Bonchev–Trinajstić information content (AvgIpc) is 3.08. The van der Waals surface area contributed by atoms with Crippen molar-refractivity contribution in [2.24, 2.45) is 5.41 Å². The normalized spacial score (nSPS) is 19.4. The molecule has 1 heterocycles. The highest BCUT2D eigenvalue weighted by molar-refractivity contribution is 5.95. The number of alkyl halides is 3. The quantitative estimate of drug-likeness (QED) is 0.603. The number of esters is 1. The Hall–Kier alpha value is -2.82. The number of nitrogens with zero attached hydrogens (tertiary/aromatic N) is 2. The average molecular weight is 460 g/mol. The lowest BCUT2D eigenvalue weighted by Crippen LogP contribution is -2.44. The van der Waals surface area contributed by atoms with Crippen LogP contribution in [-0.4, -0.2) is 61.9 Å². The largest absolute Gasteiger partial charge is 0.497 e. The SMILES string of the molecule is COC(=O)C1C[C@H](N(C(=O)CC(C)(C)C)c2cccc(OC)c2)CN1OC(=O)C(F)(F)F. The summed E-state index contributed by atoms with van der Waals surface area (Å²) in [6, 6.07) is 4.55. The van der Waals surface area contributed by atoms with Crippen molar-refractivity contribution in [1.82, 2.24) is 5.06 Å². The maximum atomic E-state index is 13.2. The molecule has 1 fully saturated rings. The van der Waals surface area contributed by atoms with Crippen molar-refractivity contribution in [3.8, 4) is 5.75 Å². The molecule has 0 saturated carbocycles. The number of ether oxygens (including phenoxy) is 2. The van der Waals surface area contributed by atoms with E-state index in [0.717, 1.165) is 7.11 Å². The predicted octanol–water partition coefficient (Wildman–Crippen LogP) is 3.10. The van der Waals surface area contributed by atoms with Crippen molar-refractivity contribution in [3.05, 3.63) is 24.3 Å². The zero-order valence-corrected chi connectivity index (χ0v) is 18.6. The first-order chi connectivity index (χ1) is 14.8. The molecular weight excluding hydrogens is 433 g/mol. The van der Waals surface area contributed by atoms with E-state index in [-0.39, 0.29) is 30.7 Å². The van der Waals surface area contributed by atoms with E-state index in [2.05, 4.69) is 9.57 Å². The fourth-order valence-corrected chi connectivity index (χ4v) is 3.44. The van der Waals surface area contributed by atoms with Crippen LogP contribution in [0.4, 0.5) is 18.9 Å². The summed E-state index contributed by atoms with van der Waals surface area (Å²) in [6.07, 6.45) is -5.20. The smallest absolute Gasteiger partial charge is 0.492 e. The Kier molecular flexibility index (Phi) is 7.76. The summed E-state index contributed by atoms with van der Waals surface area (Å²) in [6.45, 7) is 5.31. The minimum Gasteiger partial charge on any atom is -0.497 e. The summed E-state index contributed by atoms with van der Waals surface area (Å²) in [5.41, 5.74) is 0.0630. The highest BCUT2D eigenvalue weighted by atomic mass is 19.4. The number of carbonyl (C=O) groups is 3. The Morgan fingerprint density at radius 3 is 2.34 bits per heavy atom. The molecule has 1 amide bonds. The first kappa shape index (κ1) is 25.4. The van der Waals surface area contributed by atoms with E-state index in [0.29, 0.717) is 16.5 Å². The van der Waals surface area contributed by atoms with Gasteiger partial charge in [-0.25, -0.2) is 4.79 Å². The number of rotatable bonds is 6. The molecule has 11 heteroatoms. The summed E-state index contributed by atoms with van der Waals surface area (Å²) in [7, 11) is 2.53. The van der Waals surface area contributed by atoms with Crippen molar-refractivity contribution >= 4 is 23.5 Å². The Labute approximate surface area is 184 Å². The molecule has 2 rings (SSSR count). The van der Waals surface area contributed by atoms with Gasteiger partial charge in [0.05, 0.1) is 26.8 Å². The molecule has 1 aromatic rings. The van der Waals surface area contributed by atoms with Gasteiger partial charge in [0.1, 0.15) is 11.8 Å². The maximum absolute atomic E-state index is 13.2. The van der Waals surface area contributed by atoms with Gasteiger partial charge in [0.15, 0.2) is 0 Å². The lowest BCUT2D eigenvalue weighted by molar-refractivity contribution is -0.242. The third kappa shape index (κ3) is 6.35. The van der Waals surface area contributed by atoms with E-state index >= 15 is 0 Å². The molecular formula is C21H27F3N2O6. The maximum Gasteiger partial charge on any atom is 0.492 e. The van der Waals surface area contributed by atoms with Gasteiger partial charge in [-0.2, -0.15) is 13.2 Å². The standard InChI is InChI=1S/C21H27F3N2O6/c1-20(2,3)11-17(27)26(13-7-6-8-15(9-13)30-4)14-10-16(18(28)31-5)25(12-14)32-19(29)21(22,23)24/h6-9,14,16H,10-12H2,1-5H3/t14-,16?/m0/s1. The van der Waals surface area contributed by atoms with Gasteiger partial charge in [0, 0.05) is 18.2 Å². The molecule has 2 atom stereocenters. The monoisotopic (exact) mass is 460 g/mol. The number of methoxy groups -OCH3 is 2. The number of amides is 1. The summed E-state index contributed by atoms with van der Waals surface area (Å²) in [5.74, 6) is -3.17. The van der Waals surface area contributed by atoms with Gasteiger partial charge in [-0.15, -0.1) is 5.06 Å². The van der Waals surface area contributed by atoms with Crippen molar-refractivity contribution in [3.63, 3.8) is 0 Å². The summed E-state index contributed by atoms with van der Waals surface area (Å²) >= 11 is 0. The highest BCUT2D eigenvalue weighted by Crippen LogP contribution is 2.33. The topological polar surface area (TPSA) is 85.4 Å². The number of hydrogen-bond donors (Lipinski definition) is 0. The van der Waals surface area contributed by atoms with Crippen LogP contribution >= 0.6 is 0 Å². The Bertz CT molecular complexity index is 853. The minimum atomic E-state index is -5.24. The van der Waals surface area contributed by atoms with Gasteiger partial charge in [-0.05, 0) is 24.0 Å². The summed E-state index contributed by atoms with van der Waals surface area (Å²) in [5, 5.41) is 0.629. The number of anilines is 1. The fourth-order valence-electron chi connectivity index (χ4n) is 3.44. The molecule has 1 unspecified atom stereocenters. The molecule has 1 saturated heterocycles. The molecule has 0 aliphatic carbocycles. The summed E-state index contributed by atoms with van der Waals surface area (Å²) in [4.78, 5) is 42.7. The third-order valence-corrected chi connectivity index (χ3v) is 4.79. The van der Waals surface area contributed by atoms with Gasteiger partial charge in [-0.1, -0.05) is 26.8 Å². The second-order valence-electron chi connectivity index (χ2n) is 8.61. The molecule has 0 bridgehead atoms. The van der Waals surface area contributed by atoms with E-state index in [1.54, 1.807) is 24.3 Å². The first-order valence-corrected chi connectivity index (χ1v) is 9.86. The molecule has 1 aromatic carbocycles. The third-order valence-electron chi connectivity index (χ3n) is 4.79. The highest BCUT2D eigenvalue weighted by Gasteiger charge is 2.49. The minimum absolute atomic E-state index is 0.0924. The van der Waals surface area contributed by atoms with Crippen molar-refractivity contribution in [2.45, 2.75) is 51.9 Å². The van der Waals surface area contributed by atoms with Crippen molar-refractivity contribution in [1.29, 1.82) is 0 Å². The van der Waals surface area contributed by atoms with E-state index in [1.807, 2.05) is 20.8 Å². The molecule has 8 nitrogen and oxygen atoms in total. The second kappa shape index (κ2) is 9.76. The van der Waals surface area contributed by atoms with Gasteiger partial charge in [0.25, 0.3) is 0 Å². The van der Waals surface area contributed by atoms with Crippen LogP contribution in [0.2, 0.25) is 0 Å². The van der Waals surface area contributed by atoms with Crippen LogP contribution < -0.4 is 9.64 Å². The molecule has 1 aliphatic heterocycles. The van der Waals surface area contributed by atoms with Crippen LogP contribution in [-0.2, 0) is 24.0 Å². The van der Waals surface area contributed by atoms with E-state index in [1.165, 1.54) is 12.0 Å². The van der Waals surface area contributed by atoms with Crippen LogP contribution in [0.3, 0.4) is 0 Å². The van der Waals surface area contributed by atoms with Crippen molar-refractivity contribution < 1.29 is 41.9 Å². The van der Waals surface area contributed by atoms with E-state index in [4.69, 9.17) is 4.74 Å². The van der Waals surface area contributed by atoms with Crippen LogP contribution in [0.1, 0.15) is 33.6 Å². The van der Waals surface area contributed by atoms with Gasteiger partial charge >= 0.3 is 18.1 Å². The number of benzene rings is 1. The Morgan fingerprint density at radius 2 is 1.81 bits per heavy atom. The molecule has 1 aliphatic rings. The molecule has 0 spiro atoms. The van der Waals surface area contributed by atoms with Crippen LogP contribution in [0.15, 0.2) is 24.3 Å². The van der Waals surface area contributed by atoms with Crippen molar-refractivity contribution in [2.75, 3.05) is 25.7 Å². The van der Waals surface area contributed by atoms with Gasteiger partial charge in [0.2, 0.25) is 5.91 Å². The van der Waals surface area contributed by atoms with Crippen LogP contribution in [0.5, 0.6) is 5.75 Å². The van der Waals surface area contributed by atoms with E-state index < -0.39 is 30.2 Å². The number of hydroxylamine groups is 2. The molecule has 32 heavy (non-hydrogen) atoms.